The van der Waals surface area contributed by atoms with Crippen molar-refractivity contribution in [2.45, 2.75) is 19.3 Å². The van der Waals surface area contributed by atoms with E-state index in [4.69, 9.17) is 0 Å². The summed E-state index contributed by atoms with van der Waals surface area (Å²) in [5.41, 5.74) is 11.2. The van der Waals surface area contributed by atoms with Crippen molar-refractivity contribution in [1.82, 2.24) is 0 Å². The number of fused-ring (bicyclic) bond motifs is 9. The zero-order valence-corrected chi connectivity index (χ0v) is 28.2. The zero-order chi connectivity index (χ0) is 33.4. The first kappa shape index (κ1) is 28.8. The van der Waals surface area contributed by atoms with Crippen molar-refractivity contribution < 1.29 is 0 Å². The maximum absolute atomic E-state index is 2.52. The van der Waals surface area contributed by atoms with Crippen LogP contribution in [0.4, 0.5) is 17.1 Å². The molecule has 0 heterocycles. The van der Waals surface area contributed by atoms with Gasteiger partial charge in [0.15, 0.2) is 0 Å². The molecule has 9 aromatic rings. The second kappa shape index (κ2) is 10.9. The van der Waals surface area contributed by atoms with Crippen molar-refractivity contribution >= 4 is 60.2 Å². The third-order valence-electron chi connectivity index (χ3n) is 11.0. The Labute approximate surface area is 292 Å². The molecule has 1 aliphatic rings. The molecule has 0 unspecified atom stereocenters. The molecule has 0 saturated heterocycles. The fourth-order valence-corrected chi connectivity index (χ4v) is 8.64. The predicted molar refractivity (Wildman–Crippen MR) is 214 cm³/mol. The Morgan fingerprint density at radius 3 is 1.76 bits per heavy atom. The Kier molecular flexibility index (Phi) is 6.29. The first-order valence-electron chi connectivity index (χ1n) is 17.5. The van der Waals surface area contributed by atoms with E-state index in [0.717, 1.165) is 11.4 Å². The Bertz CT molecular complexity index is 2800. The van der Waals surface area contributed by atoms with Crippen LogP contribution in [-0.4, -0.2) is 0 Å². The van der Waals surface area contributed by atoms with Crippen LogP contribution in [0.15, 0.2) is 176 Å². The smallest absolute Gasteiger partial charge is 0.0546 e. The van der Waals surface area contributed by atoms with E-state index in [1.807, 2.05) is 0 Å². The lowest BCUT2D eigenvalue weighted by atomic mass is 9.82. The van der Waals surface area contributed by atoms with Gasteiger partial charge in [-0.25, -0.2) is 0 Å². The molecule has 1 nitrogen and oxygen atoms in total. The van der Waals surface area contributed by atoms with Gasteiger partial charge >= 0.3 is 0 Å². The molecule has 0 saturated carbocycles. The number of hydrogen-bond donors (Lipinski definition) is 0. The lowest BCUT2D eigenvalue weighted by Crippen LogP contribution is -2.15. The zero-order valence-electron chi connectivity index (χ0n) is 28.2. The van der Waals surface area contributed by atoms with Crippen molar-refractivity contribution in [1.29, 1.82) is 0 Å². The van der Waals surface area contributed by atoms with E-state index in [2.05, 4.69) is 195 Å². The van der Waals surface area contributed by atoms with Gasteiger partial charge in [0.25, 0.3) is 0 Å². The van der Waals surface area contributed by atoms with Crippen molar-refractivity contribution in [3.63, 3.8) is 0 Å². The second-order valence-electron chi connectivity index (χ2n) is 14.1. The number of rotatable bonds is 4. The van der Waals surface area contributed by atoms with Gasteiger partial charge in [-0.2, -0.15) is 0 Å². The van der Waals surface area contributed by atoms with Crippen LogP contribution in [-0.2, 0) is 5.41 Å². The molecule has 0 aromatic heterocycles. The molecule has 0 aliphatic heterocycles. The third kappa shape index (κ3) is 4.20. The van der Waals surface area contributed by atoms with Crippen LogP contribution in [0.3, 0.4) is 0 Å². The summed E-state index contributed by atoms with van der Waals surface area (Å²) in [6, 6.07) is 65.1. The predicted octanol–water partition coefficient (Wildman–Crippen LogP) is 13.7. The van der Waals surface area contributed by atoms with Gasteiger partial charge < -0.3 is 4.90 Å². The van der Waals surface area contributed by atoms with Crippen molar-refractivity contribution in [2.75, 3.05) is 4.90 Å². The topological polar surface area (TPSA) is 3.24 Å². The van der Waals surface area contributed by atoms with Gasteiger partial charge in [0, 0.05) is 22.1 Å². The Morgan fingerprint density at radius 2 is 0.920 bits per heavy atom. The molecule has 0 atom stereocenters. The van der Waals surface area contributed by atoms with Gasteiger partial charge in [-0.3, -0.25) is 0 Å². The van der Waals surface area contributed by atoms with E-state index in [1.54, 1.807) is 0 Å². The number of anilines is 3. The van der Waals surface area contributed by atoms with Crippen molar-refractivity contribution in [2.24, 2.45) is 0 Å². The molecule has 10 rings (SSSR count). The molecule has 9 aromatic carbocycles. The first-order chi connectivity index (χ1) is 24.6. The lowest BCUT2D eigenvalue weighted by Gasteiger charge is -2.31. The summed E-state index contributed by atoms with van der Waals surface area (Å²) >= 11 is 0. The second-order valence-corrected chi connectivity index (χ2v) is 14.1. The monoisotopic (exact) mass is 637 g/mol. The molecule has 0 spiro atoms. The summed E-state index contributed by atoms with van der Waals surface area (Å²) in [4.78, 5) is 2.52. The van der Waals surface area contributed by atoms with E-state index in [-0.39, 0.29) is 5.41 Å². The molecule has 0 N–H and O–H groups in total. The fraction of sp³-hybridized carbons (Fsp3) is 0.0612. The van der Waals surface area contributed by atoms with Crippen LogP contribution >= 0.6 is 0 Å². The van der Waals surface area contributed by atoms with E-state index in [0.29, 0.717) is 0 Å². The van der Waals surface area contributed by atoms with Crippen LogP contribution in [0.2, 0.25) is 0 Å². The number of benzene rings is 9. The lowest BCUT2D eigenvalue weighted by molar-refractivity contribution is 0.660. The Hall–Kier alpha value is -6.18. The van der Waals surface area contributed by atoms with Crippen LogP contribution in [0, 0.1) is 0 Å². The van der Waals surface area contributed by atoms with Crippen molar-refractivity contribution in [3.8, 4) is 22.3 Å². The largest absolute Gasteiger partial charge is 0.309 e. The summed E-state index contributed by atoms with van der Waals surface area (Å²) in [7, 11) is 0. The summed E-state index contributed by atoms with van der Waals surface area (Å²) in [6.45, 7) is 4.71. The molecule has 50 heavy (non-hydrogen) atoms. The number of nitrogens with zero attached hydrogens (tertiary/aromatic N) is 1. The molecule has 236 valence electrons. The molecule has 0 amide bonds. The number of para-hydroxylation sites is 1. The Morgan fingerprint density at radius 1 is 0.340 bits per heavy atom. The fourth-order valence-electron chi connectivity index (χ4n) is 8.64. The van der Waals surface area contributed by atoms with E-state index < -0.39 is 0 Å². The third-order valence-corrected chi connectivity index (χ3v) is 11.0. The molecule has 1 heteroatoms. The Balaban J connectivity index is 1.33. The number of hydrogen-bond acceptors (Lipinski definition) is 1. The summed E-state index contributed by atoms with van der Waals surface area (Å²) in [5, 5.41) is 10.0. The highest BCUT2D eigenvalue weighted by Crippen LogP contribution is 2.52. The average molecular weight is 638 g/mol. The van der Waals surface area contributed by atoms with Gasteiger partial charge in [-0.05, 0) is 89.8 Å². The quantitative estimate of drug-likeness (QED) is 0.174. The van der Waals surface area contributed by atoms with E-state index in [9.17, 15) is 0 Å². The normalized spacial score (nSPS) is 13.2. The summed E-state index contributed by atoms with van der Waals surface area (Å²) < 4.78 is 0. The molecular weight excluding hydrogens is 603 g/mol. The minimum absolute atomic E-state index is 0.0648. The molecular formula is C49H35N. The van der Waals surface area contributed by atoms with E-state index >= 15 is 0 Å². The van der Waals surface area contributed by atoms with Gasteiger partial charge in [-0.1, -0.05) is 166 Å². The van der Waals surface area contributed by atoms with Crippen molar-refractivity contribution in [3.05, 3.63) is 187 Å². The SMILES string of the molecule is CC1(C)c2ccccc2-c2cc(N(c3ccccc3-c3cccc4ccccc34)c3cc4c5ccccc5ccc4c4ccccc34)ccc21. The minimum Gasteiger partial charge on any atom is -0.309 e. The van der Waals surface area contributed by atoms with Gasteiger partial charge in [0.2, 0.25) is 0 Å². The average Bonchev–Trinajstić information content (AvgIpc) is 3.40. The molecule has 0 fully saturated rings. The van der Waals surface area contributed by atoms with Crippen LogP contribution in [0.5, 0.6) is 0 Å². The highest BCUT2D eigenvalue weighted by atomic mass is 15.1. The first-order valence-corrected chi connectivity index (χ1v) is 17.5. The maximum Gasteiger partial charge on any atom is 0.0546 e. The standard InChI is InChI=1S/C49H35N/c1-49(2)45-24-11-9-20-40(45)44-30-34(27-29-46(44)49)50(47-25-12-10-21-41(47)37-23-13-16-32-14-3-5-17-35(32)37)48-31-43-36-18-6-4-15-33(36)26-28-39(43)38-19-7-8-22-42(38)48/h3-31H,1-2H3. The van der Waals surface area contributed by atoms with Gasteiger partial charge in [-0.15, -0.1) is 0 Å². The van der Waals surface area contributed by atoms with Crippen LogP contribution in [0.1, 0.15) is 25.0 Å². The summed E-state index contributed by atoms with van der Waals surface area (Å²) in [5.74, 6) is 0. The highest BCUT2D eigenvalue weighted by Gasteiger charge is 2.35. The molecule has 0 bridgehead atoms. The molecule has 0 radical (unpaired) electrons. The van der Waals surface area contributed by atoms with Crippen LogP contribution in [0.25, 0.3) is 65.3 Å². The summed E-state index contributed by atoms with van der Waals surface area (Å²) in [6.07, 6.45) is 0. The van der Waals surface area contributed by atoms with Crippen LogP contribution < -0.4 is 4.90 Å². The van der Waals surface area contributed by atoms with E-state index in [1.165, 1.54) is 82.2 Å². The maximum atomic E-state index is 2.52. The van der Waals surface area contributed by atoms with Gasteiger partial charge in [0.1, 0.15) is 0 Å². The minimum atomic E-state index is -0.0648. The highest BCUT2D eigenvalue weighted by molar-refractivity contribution is 6.21. The molecule has 1 aliphatic carbocycles. The van der Waals surface area contributed by atoms with Gasteiger partial charge in [0.05, 0.1) is 11.4 Å².